The maximum Gasteiger partial charge on any atom is 0.255 e. The van der Waals surface area contributed by atoms with Gasteiger partial charge in [-0.25, -0.2) is 8.78 Å². The molecule has 1 fully saturated rings. The number of anilines is 1. The molecule has 2 aromatic carbocycles. The van der Waals surface area contributed by atoms with Gasteiger partial charge in [0.25, 0.3) is 11.8 Å². The monoisotopic (exact) mass is 404 g/mol. The Morgan fingerprint density at radius 1 is 1.07 bits per heavy atom. The lowest BCUT2D eigenvalue weighted by atomic mass is 10.0. The molecule has 2 atom stereocenters. The van der Waals surface area contributed by atoms with Crippen molar-refractivity contribution in [1.82, 2.24) is 5.32 Å². The molecule has 0 spiro atoms. The van der Waals surface area contributed by atoms with E-state index in [-0.39, 0.29) is 23.6 Å². The maximum atomic E-state index is 13.4. The molecule has 2 amide bonds. The molecular weight excluding hydrogens is 382 g/mol. The van der Waals surface area contributed by atoms with E-state index in [9.17, 15) is 18.4 Å². The minimum Gasteiger partial charge on any atom is -0.379 e. The lowest BCUT2D eigenvalue weighted by Crippen LogP contribution is -2.50. The number of rotatable bonds is 5. The maximum absolute atomic E-state index is 13.4. The van der Waals surface area contributed by atoms with Crippen molar-refractivity contribution < 1.29 is 27.8 Å². The van der Waals surface area contributed by atoms with E-state index in [1.165, 1.54) is 6.07 Å². The van der Waals surface area contributed by atoms with Gasteiger partial charge in [-0.05, 0) is 43.2 Å². The average molecular weight is 404 g/mol. The number of aryl methyl sites for hydroxylation is 1. The summed E-state index contributed by atoms with van der Waals surface area (Å²) < 4.78 is 37.5. The number of benzene rings is 2. The van der Waals surface area contributed by atoms with Crippen molar-refractivity contribution >= 4 is 17.5 Å². The number of hydrogen-bond acceptors (Lipinski definition) is 4. The Labute approximate surface area is 167 Å². The van der Waals surface area contributed by atoms with Gasteiger partial charge in [-0.3, -0.25) is 9.59 Å². The first-order valence-corrected chi connectivity index (χ1v) is 9.17. The van der Waals surface area contributed by atoms with Crippen LogP contribution in [0.15, 0.2) is 36.4 Å². The van der Waals surface area contributed by atoms with E-state index in [2.05, 4.69) is 10.6 Å². The van der Waals surface area contributed by atoms with Crippen LogP contribution in [0.3, 0.4) is 0 Å². The number of carbonyl (C=O) groups excluding carboxylic acids is 2. The summed E-state index contributed by atoms with van der Waals surface area (Å²) in [5, 5.41) is 5.48. The average Bonchev–Trinajstić information content (AvgIpc) is 2.69. The molecule has 0 unspecified atom stereocenters. The molecule has 3 rings (SSSR count). The van der Waals surface area contributed by atoms with Gasteiger partial charge in [0.2, 0.25) is 0 Å². The van der Waals surface area contributed by atoms with Gasteiger partial charge < -0.3 is 20.1 Å². The molecule has 8 heteroatoms. The second-order valence-corrected chi connectivity index (χ2v) is 6.86. The standard InChI is InChI=1S/C21H22F2N2O4/c1-12-3-4-13(20(26)25-18-11-29-6-5-19(18)28-2)9-17(12)24-21(27)14-7-15(22)10-16(23)8-14/h3-4,7-10,18-19H,5-6,11H2,1-2H3,(H,24,27)(H,25,26)/t18-,19-/m1/s1. The Hall–Kier alpha value is -2.84. The molecule has 0 bridgehead atoms. The third-order valence-corrected chi connectivity index (χ3v) is 4.78. The van der Waals surface area contributed by atoms with E-state index < -0.39 is 17.5 Å². The highest BCUT2D eigenvalue weighted by Gasteiger charge is 2.27. The highest BCUT2D eigenvalue weighted by atomic mass is 19.1. The summed E-state index contributed by atoms with van der Waals surface area (Å²) in [6.45, 7) is 2.68. The van der Waals surface area contributed by atoms with Crippen LogP contribution in [0, 0.1) is 18.6 Å². The van der Waals surface area contributed by atoms with Gasteiger partial charge in [-0.15, -0.1) is 0 Å². The number of nitrogens with one attached hydrogen (secondary N) is 2. The van der Waals surface area contributed by atoms with Crippen LogP contribution < -0.4 is 10.6 Å². The summed E-state index contributed by atoms with van der Waals surface area (Å²) in [4.78, 5) is 25.0. The molecule has 1 aliphatic rings. The van der Waals surface area contributed by atoms with Crippen molar-refractivity contribution in [3.05, 3.63) is 64.7 Å². The molecule has 0 aromatic heterocycles. The molecule has 2 N–H and O–H groups in total. The molecule has 0 radical (unpaired) electrons. The van der Waals surface area contributed by atoms with Gasteiger partial charge in [0.05, 0.1) is 18.8 Å². The van der Waals surface area contributed by atoms with Gasteiger partial charge >= 0.3 is 0 Å². The highest BCUT2D eigenvalue weighted by molar-refractivity contribution is 6.05. The summed E-state index contributed by atoms with van der Waals surface area (Å²) >= 11 is 0. The van der Waals surface area contributed by atoms with Crippen LogP contribution in [0.2, 0.25) is 0 Å². The zero-order valence-corrected chi connectivity index (χ0v) is 16.1. The number of halogens is 2. The third kappa shape index (κ3) is 5.16. The van der Waals surface area contributed by atoms with Crippen LogP contribution >= 0.6 is 0 Å². The molecule has 29 heavy (non-hydrogen) atoms. The van der Waals surface area contributed by atoms with Crippen molar-refractivity contribution in [2.24, 2.45) is 0 Å². The molecule has 154 valence electrons. The lowest BCUT2D eigenvalue weighted by Gasteiger charge is -2.31. The quantitative estimate of drug-likeness (QED) is 0.803. The molecule has 0 aliphatic carbocycles. The summed E-state index contributed by atoms with van der Waals surface area (Å²) in [7, 11) is 1.59. The van der Waals surface area contributed by atoms with Gasteiger partial charge in [0, 0.05) is 36.6 Å². The van der Waals surface area contributed by atoms with E-state index in [1.54, 1.807) is 26.2 Å². The van der Waals surface area contributed by atoms with Crippen molar-refractivity contribution in [3.8, 4) is 0 Å². The van der Waals surface area contributed by atoms with Crippen LogP contribution in [0.1, 0.15) is 32.7 Å². The predicted molar refractivity (Wildman–Crippen MR) is 103 cm³/mol. The van der Waals surface area contributed by atoms with Crippen molar-refractivity contribution in [1.29, 1.82) is 0 Å². The second-order valence-electron chi connectivity index (χ2n) is 6.86. The Bertz CT molecular complexity index is 899. The topological polar surface area (TPSA) is 76.7 Å². The van der Waals surface area contributed by atoms with Crippen LogP contribution in [0.25, 0.3) is 0 Å². The smallest absolute Gasteiger partial charge is 0.255 e. The molecule has 1 aliphatic heterocycles. The molecule has 1 saturated heterocycles. The second kappa shape index (κ2) is 9.11. The summed E-state index contributed by atoms with van der Waals surface area (Å²) in [6, 6.07) is 7.13. The number of hydrogen-bond donors (Lipinski definition) is 2. The Morgan fingerprint density at radius 2 is 1.79 bits per heavy atom. The van der Waals surface area contributed by atoms with Crippen molar-refractivity contribution in [3.63, 3.8) is 0 Å². The fourth-order valence-corrected chi connectivity index (χ4v) is 3.16. The predicted octanol–water partition coefficient (Wildman–Crippen LogP) is 3.06. The van der Waals surface area contributed by atoms with Crippen LogP contribution in [-0.4, -0.2) is 44.3 Å². The Balaban J connectivity index is 1.75. The first-order valence-electron chi connectivity index (χ1n) is 9.17. The summed E-state index contributed by atoms with van der Waals surface area (Å²) in [6.07, 6.45) is 0.543. The number of amides is 2. The molecule has 0 saturated carbocycles. The Morgan fingerprint density at radius 3 is 2.48 bits per heavy atom. The Kier molecular flexibility index (Phi) is 6.56. The minimum absolute atomic E-state index is 0.139. The van der Waals surface area contributed by atoms with Gasteiger partial charge in [0.1, 0.15) is 11.6 Å². The SMILES string of the molecule is CO[C@@H]1CCOC[C@H]1NC(=O)c1ccc(C)c(NC(=O)c2cc(F)cc(F)c2)c1. The van der Waals surface area contributed by atoms with Crippen LogP contribution in [-0.2, 0) is 9.47 Å². The van der Waals surface area contributed by atoms with Crippen LogP contribution in [0.5, 0.6) is 0 Å². The highest BCUT2D eigenvalue weighted by Crippen LogP contribution is 2.20. The first-order chi connectivity index (χ1) is 13.9. The zero-order chi connectivity index (χ0) is 21.0. The fraction of sp³-hybridized carbons (Fsp3) is 0.333. The number of methoxy groups -OCH3 is 1. The van der Waals surface area contributed by atoms with Crippen molar-refractivity contribution in [2.75, 3.05) is 25.6 Å². The zero-order valence-electron chi connectivity index (χ0n) is 16.1. The van der Waals surface area contributed by atoms with Gasteiger partial charge in [-0.1, -0.05) is 6.07 Å². The first kappa shape index (κ1) is 20.9. The van der Waals surface area contributed by atoms with Gasteiger partial charge in [-0.2, -0.15) is 0 Å². The molecule has 1 heterocycles. The van der Waals surface area contributed by atoms with E-state index in [0.29, 0.717) is 42.5 Å². The van der Waals surface area contributed by atoms with Crippen molar-refractivity contribution in [2.45, 2.75) is 25.5 Å². The summed E-state index contributed by atoms with van der Waals surface area (Å²) in [5.74, 6) is -2.70. The van der Waals surface area contributed by atoms with E-state index in [0.717, 1.165) is 12.1 Å². The normalized spacial score (nSPS) is 18.9. The van der Waals surface area contributed by atoms with Gasteiger partial charge in [0.15, 0.2) is 0 Å². The lowest BCUT2D eigenvalue weighted by molar-refractivity contribution is -0.0349. The largest absolute Gasteiger partial charge is 0.379 e. The number of carbonyl (C=O) groups is 2. The van der Waals surface area contributed by atoms with E-state index >= 15 is 0 Å². The molecule has 6 nitrogen and oxygen atoms in total. The van der Waals surface area contributed by atoms with E-state index in [4.69, 9.17) is 9.47 Å². The number of ether oxygens (including phenoxy) is 2. The summed E-state index contributed by atoms with van der Waals surface area (Å²) in [5.41, 5.74) is 1.24. The minimum atomic E-state index is -0.845. The molecular formula is C21H22F2N2O4. The van der Waals surface area contributed by atoms with E-state index in [1.807, 2.05) is 0 Å². The molecule has 2 aromatic rings. The third-order valence-electron chi connectivity index (χ3n) is 4.78. The fourth-order valence-electron chi connectivity index (χ4n) is 3.16. The van der Waals surface area contributed by atoms with Crippen LogP contribution in [0.4, 0.5) is 14.5 Å².